The first-order chi connectivity index (χ1) is 11.5. The van der Waals surface area contributed by atoms with Gasteiger partial charge in [-0.05, 0) is 55.2 Å². The molecule has 0 saturated carbocycles. The van der Waals surface area contributed by atoms with Gasteiger partial charge in [-0.15, -0.1) is 0 Å². The summed E-state index contributed by atoms with van der Waals surface area (Å²) in [4.78, 5) is 24.4. The summed E-state index contributed by atoms with van der Waals surface area (Å²) in [5, 5.41) is 11.7. The molecule has 0 aromatic heterocycles. The first-order valence-electron chi connectivity index (χ1n) is 7.67. The van der Waals surface area contributed by atoms with E-state index in [2.05, 4.69) is 5.32 Å². The van der Waals surface area contributed by atoms with Crippen LogP contribution in [0, 0.1) is 24.1 Å². The highest BCUT2D eigenvalue weighted by Gasteiger charge is 2.19. The summed E-state index contributed by atoms with van der Waals surface area (Å²) < 4.78 is 13.5. The van der Waals surface area contributed by atoms with Crippen molar-refractivity contribution >= 4 is 17.4 Å². The Balaban J connectivity index is 1.91. The number of Topliss-reactive ketones (excluding diaryl/α,β-unsaturated/α-hetero) is 1. The minimum absolute atomic E-state index is 0.0428. The van der Waals surface area contributed by atoms with Gasteiger partial charge >= 0.3 is 0 Å². The van der Waals surface area contributed by atoms with E-state index in [4.69, 9.17) is 5.26 Å². The maximum Gasteiger partial charge on any atom is 0.255 e. The Kier molecular flexibility index (Phi) is 4.13. The molecular formula is C19H15FN2O2. The molecule has 0 bridgehead atoms. The van der Waals surface area contributed by atoms with Crippen LogP contribution < -0.4 is 5.32 Å². The molecule has 5 heteroatoms. The minimum atomic E-state index is -0.496. The average Bonchev–Trinajstić information content (AvgIpc) is 2.58. The summed E-state index contributed by atoms with van der Waals surface area (Å²) in [5.41, 5.74) is 2.54. The zero-order valence-electron chi connectivity index (χ0n) is 13.1. The van der Waals surface area contributed by atoms with Gasteiger partial charge in [0.1, 0.15) is 11.9 Å². The lowest BCUT2D eigenvalue weighted by Gasteiger charge is -2.15. The van der Waals surface area contributed by atoms with E-state index >= 15 is 0 Å². The molecule has 4 nitrogen and oxygen atoms in total. The van der Waals surface area contributed by atoms with E-state index in [-0.39, 0.29) is 17.0 Å². The lowest BCUT2D eigenvalue weighted by Crippen LogP contribution is -2.16. The third-order valence-corrected chi connectivity index (χ3v) is 4.19. The average molecular weight is 322 g/mol. The third-order valence-electron chi connectivity index (χ3n) is 4.19. The highest BCUT2D eigenvalue weighted by molar-refractivity contribution is 6.07. The van der Waals surface area contributed by atoms with Crippen LogP contribution in [0.4, 0.5) is 10.1 Å². The molecular weight excluding hydrogens is 307 g/mol. The molecule has 2 aromatic carbocycles. The summed E-state index contributed by atoms with van der Waals surface area (Å²) in [7, 11) is 0. The van der Waals surface area contributed by atoms with Crippen LogP contribution in [0.5, 0.6) is 0 Å². The predicted octanol–water partition coefficient (Wildman–Crippen LogP) is 3.78. The van der Waals surface area contributed by atoms with Gasteiger partial charge in [0.05, 0.1) is 11.3 Å². The van der Waals surface area contributed by atoms with E-state index in [9.17, 15) is 14.0 Å². The van der Waals surface area contributed by atoms with E-state index in [1.165, 1.54) is 6.07 Å². The van der Waals surface area contributed by atoms with Crippen molar-refractivity contribution in [3.63, 3.8) is 0 Å². The number of nitrogens with zero attached hydrogens (tertiary/aromatic N) is 1. The molecule has 1 N–H and O–H groups in total. The number of carbonyl (C=O) groups excluding carboxylic acids is 2. The van der Waals surface area contributed by atoms with Gasteiger partial charge in [0.15, 0.2) is 5.78 Å². The van der Waals surface area contributed by atoms with Gasteiger partial charge in [-0.3, -0.25) is 9.59 Å². The van der Waals surface area contributed by atoms with E-state index in [1.807, 2.05) is 6.07 Å². The van der Waals surface area contributed by atoms with Crippen LogP contribution in [0.3, 0.4) is 0 Å². The van der Waals surface area contributed by atoms with Crippen LogP contribution in [0.1, 0.15) is 50.2 Å². The monoisotopic (exact) mass is 322 g/mol. The number of carbonyl (C=O) groups is 2. The van der Waals surface area contributed by atoms with Gasteiger partial charge in [0.25, 0.3) is 5.91 Å². The fraction of sp³-hybridized carbons (Fsp3) is 0.211. The van der Waals surface area contributed by atoms with Crippen molar-refractivity contribution in [1.82, 2.24) is 0 Å². The van der Waals surface area contributed by atoms with Gasteiger partial charge in [-0.2, -0.15) is 5.26 Å². The fourth-order valence-electron chi connectivity index (χ4n) is 2.84. The highest BCUT2D eigenvalue weighted by atomic mass is 19.1. The topological polar surface area (TPSA) is 70.0 Å². The van der Waals surface area contributed by atoms with Crippen molar-refractivity contribution in [2.45, 2.75) is 26.2 Å². The number of nitriles is 1. The first kappa shape index (κ1) is 15.9. The second-order valence-corrected chi connectivity index (χ2v) is 5.86. The Bertz CT molecular complexity index is 897. The number of halogens is 1. The van der Waals surface area contributed by atoms with E-state index in [1.54, 1.807) is 25.1 Å². The second-order valence-electron chi connectivity index (χ2n) is 5.86. The summed E-state index contributed by atoms with van der Waals surface area (Å²) in [5.74, 6) is -0.885. The smallest absolute Gasteiger partial charge is 0.255 e. The van der Waals surface area contributed by atoms with Gasteiger partial charge in [0.2, 0.25) is 0 Å². The summed E-state index contributed by atoms with van der Waals surface area (Å²) in [6.45, 7) is 1.56. The Hall–Kier alpha value is -3.00. The number of amides is 1. The van der Waals surface area contributed by atoms with Crippen molar-refractivity contribution in [3.05, 3.63) is 64.0 Å². The van der Waals surface area contributed by atoms with E-state index in [0.717, 1.165) is 24.5 Å². The number of nitrogens with one attached hydrogen (secondary N) is 1. The molecule has 0 saturated heterocycles. The number of fused-ring (bicyclic) bond motifs is 1. The van der Waals surface area contributed by atoms with Gasteiger partial charge in [-0.1, -0.05) is 6.07 Å². The van der Waals surface area contributed by atoms with Crippen LogP contribution in [0.25, 0.3) is 0 Å². The van der Waals surface area contributed by atoms with Gasteiger partial charge in [-0.25, -0.2) is 4.39 Å². The quantitative estimate of drug-likeness (QED) is 0.915. The molecule has 0 aliphatic heterocycles. The lowest BCUT2D eigenvalue weighted by atomic mass is 9.89. The standard InChI is InChI=1S/C19H15FN2O2/c1-11-7-17(14(10-21)9-16(11)20)22-19(24)13-6-5-12-3-2-4-18(23)15(12)8-13/h5-9H,2-4H2,1H3,(H,22,24). The highest BCUT2D eigenvalue weighted by Crippen LogP contribution is 2.24. The second kappa shape index (κ2) is 6.25. The van der Waals surface area contributed by atoms with Crippen molar-refractivity contribution in [1.29, 1.82) is 5.26 Å². The largest absolute Gasteiger partial charge is 0.321 e. The summed E-state index contributed by atoms with van der Waals surface area (Å²) >= 11 is 0. The minimum Gasteiger partial charge on any atom is -0.321 e. The van der Waals surface area contributed by atoms with Crippen LogP contribution >= 0.6 is 0 Å². The zero-order chi connectivity index (χ0) is 17.3. The zero-order valence-corrected chi connectivity index (χ0v) is 13.1. The maximum absolute atomic E-state index is 13.5. The molecule has 120 valence electrons. The number of hydrogen-bond donors (Lipinski definition) is 1. The van der Waals surface area contributed by atoms with Crippen molar-refractivity contribution in [2.24, 2.45) is 0 Å². The van der Waals surface area contributed by atoms with E-state index in [0.29, 0.717) is 23.1 Å². The molecule has 0 unspecified atom stereocenters. The maximum atomic E-state index is 13.5. The first-order valence-corrected chi connectivity index (χ1v) is 7.67. The molecule has 1 amide bonds. The number of anilines is 1. The molecule has 0 spiro atoms. The fourth-order valence-corrected chi connectivity index (χ4v) is 2.84. The molecule has 0 radical (unpaired) electrons. The van der Waals surface area contributed by atoms with Crippen molar-refractivity contribution < 1.29 is 14.0 Å². The Labute approximate surface area is 138 Å². The Morgan fingerprint density at radius 2 is 2.04 bits per heavy atom. The molecule has 1 aliphatic rings. The molecule has 0 atom stereocenters. The van der Waals surface area contributed by atoms with Crippen LogP contribution in [0.2, 0.25) is 0 Å². The van der Waals surface area contributed by atoms with Crippen LogP contribution in [-0.4, -0.2) is 11.7 Å². The predicted molar refractivity (Wildman–Crippen MR) is 87.5 cm³/mol. The van der Waals surface area contributed by atoms with Crippen LogP contribution in [-0.2, 0) is 6.42 Å². The summed E-state index contributed by atoms with van der Waals surface area (Å²) in [6.07, 6.45) is 2.16. The van der Waals surface area contributed by atoms with Crippen molar-refractivity contribution in [2.75, 3.05) is 5.32 Å². The molecule has 1 aliphatic carbocycles. The molecule has 0 heterocycles. The molecule has 3 rings (SSSR count). The Morgan fingerprint density at radius 3 is 2.79 bits per heavy atom. The number of ketones is 1. The molecule has 2 aromatic rings. The Morgan fingerprint density at radius 1 is 1.25 bits per heavy atom. The SMILES string of the molecule is Cc1cc(NC(=O)c2ccc3c(c2)C(=O)CCC3)c(C#N)cc1F. The number of hydrogen-bond acceptors (Lipinski definition) is 3. The van der Waals surface area contributed by atoms with Crippen LogP contribution in [0.15, 0.2) is 30.3 Å². The number of benzene rings is 2. The normalized spacial score (nSPS) is 13.1. The lowest BCUT2D eigenvalue weighted by molar-refractivity contribution is 0.0972. The third kappa shape index (κ3) is 2.91. The number of rotatable bonds is 2. The molecule has 24 heavy (non-hydrogen) atoms. The molecule has 0 fully saturated rings. The summed E-state index contributed by atoms with van der Waals surface area (Å²) in [6, 6.07) is 9.44. The van der Waals surface area contributed by atoms with E-state index < -0.39 is 11.7 Å². The number of aryl methyl sites for hydroxylation is 2. The van der Waals surface area contributed by atoms with Crippen molar-refractivity contribution in [3.8, 4) is 6.07 Å². The van der Waals surface area contributed by atoms with Gasteiger partial charge in [0, 0.05) is 17.5 Å². The van der Waals surface area contributed by atoms with Gasteiger partial charge < -0.3 is 5.32 Å².